The summed E-state index contributed by atoms with van der Waals surface area (Å²) in [7, 11) is 0. The van der Waals surface area contributed by atoms with Crippen molar-refractivity contribution in [3.63, 3.8) is 0 Å². The monoisotopic (exact) mass is 234 g/mol. The van der Waals surface area contributed by atoms with E-state index in [-0.39, 0.29) is 5.56 Å². The van der Waals surface area contributed by atoms with Gasteiger partial charge in [-0.1, -0.05) is 6.42 Å². The largest absolute Gasteiger partial charge is 0.355 e. The SMILES string of the molecule is O=c1[nH]c(NCC2CCC2)nc2c1CNCC2. The zero-order valence-electron chi connectivity index (χ0n) is 9.88. The van der Waals surface area contributed by atoms with Crippen molar-refractivity contribution in [3.05, 3.63) is 21.6 Å². The first kappa shape index (κ1) is 10.8. The van der Waals surface area contributed by atoms with E-state index in [9.17, 15) is 4.79 Å². The number of rotatable bonds is 3. The molecule has 1 aromatic heterocycles. The average Bonchev–Trinajstić information content (AvgIpc) is 2.27. The lowest BCUT2D eigenvalue weighted by Gasteiger charge is -2.25. The van der Waals surface area contributed by atoms with Gasteiger partial charge in [0.25, 0.3) is 5.56 Å². The number of anilines is 1. The standard InChI is InChI=1S/C12H18N4O/c17-11-9-7-13-5-4-10(9)15-12(16-11)14-6-8-2-1-3-8/h8,13H,1-7H2,(H2,14,15,16,17). The molecule has 1 aliphatic carbocycles. The first-order valence-electron chi connectivity index (χ1n) is 6.39. The average molecular weight is 234 g/mol. The summed E-state index contributed by atoms with van der Waals surface area (Å²) in [5, 5.41) is 6.44. The normalized spacial score (nSPS) is 19.5. The second-order valence-corrected chi connectivity index (χ2v) is 4.94. The van der Waals surface area contributed by atoms with Crippen LogP contribution < -0.4 is 16.2 Å². The zero-order chi connectivity index (χ0) is 11.7. The van der Waals surface area contributed by atoms with Gasteiger partial charge in [-0.15, -0.1) is 0 Å². The van der Waals surface area contributed by atoms with Gasteiger partial charge in [-0.3, -0.25) is 9.78 Å². The van der Waals surface area contributed by atoms with Gasteiger partial charge in [0.1, 0.15) is 0 Å². The smallest absolute Gasteiger partial charge is 0.257 e. The fraction of sp³-hybridized carbons (Fsp3) is 0.667. The number of hydrogen-bond donors (Lipinski definition) is 3. The summed E-state index contributed by atoms with van der Waals surface area (Å²) < 4.78 is 0. The highest BCUT2D eigenvalue weighted by molar-refractivity contribution is 5.31. The summed E-state index contributed by atoms with van der Waals surface area (Å²) in [6.45, 7) is 2.48. The first-order chi connectivity index (χ1) is 8.33. The number of fused-ring (bicyclic) bond motifs is 1. The predicted octanol–water partition coefficient (Wildman–Crippen LogP) is 0.628. The third kappa shape index (κ3) is 2.20. The second kappa shape index (κ2) is 4.49. The molecule has 0 aromatic carbocycles. The Kier molecular flexibility index (Phi) is 2.84. The molecule has 0 bridgehead atoms. The van der Waals surface area contributed by atoms with Crippen LogP contribution in [0.1, 0.15) is 30.5 Å². The molecule has 0 spiro atoms. The van der Waals surface area contributed by atoms with Gasteiger partial charge in [-0.2, -0.15) is 0 Å². The van der Waals surface area contributed by atoms with E-state index in [2.05, 4.69) is 20.6 Å². The molecule has 17 heavy (non-hydrogen) atoms. The van der Waals surface area contributed by atoms with E-state index in [0.29, 0.717) is 12.5 Å². The van der Waals surface area contributed by atoms with Gasteiger partial charge >= 0.3 is 0 Å². The Hall–Kier alpha value is -1.36. The first-order valence-corrected chi connectivity index (χ1v) is 6.39. The summed E-state index contributed by atoms with van der Waals surface area (Å²) in [6.07, 6.45) is 4.78. The van der Waals surface area contributed by atoms with E-state index in [0.717, 1.165) is 36.7 Å². The Morgan fingerprint density at radius 2 is 2.29 bits per heavy atom. The second-order valence-electron chi connectivity index (χ2n) is 4.94. The lowest BCUT2D eigenvalue weighted by molar-refractivity contribution is 0.333. The van der Waals surface area contributed by atoms with Crippen molar-refractivity contribution < 1.29 is 0 Å². The highest BCUT2D eigenvalue weighted by atomic mass is 16.1. The van der Waals surface area contributed by atoms with Gasteiger partial charge < -0.3 is 10.6 Å². The van der Waals surface area contributed by atoms with E-state index in [4.69, 9.17) is 0 Å². The molecule has 3 N–H and O–H groups in total. The van der Waals surface area contributed by atoms with Crippen LogP contribution in [-0.4, -0.2) is 23.1 Å². The Bertz CT molecular complexity index is 464. The molecule has 0 unspecified atom stereocenters. The molecule has 3 rings (SSSR count). The summed E-state index contributed by atoms with van der Waals surface area (Å²) in [5.41, 5.74) is 1.74. The van der Waals surface area contributed by atoms with Crippen LogP contribution in [0.3, 0.4) is 0 Å². The lowest BCUT2D eigenvalue weighted by Crippen LogP contribution is -2.32. The number of aromatic amines is 1. The summed E-state index contributed by atoms with van der Waals surface area (Å²) in [6, 6.07) is 0. The molecule has 5 heteroatoms. The van der Waals surface area contributed by atoms with Crippen LogP contribution in [0.25, 0.3) is 0 Å². The van der Waals surface area contributed by atoms with Gasteiger partial charge in [0, 0.05) is 26.1 Å². The molecule has 0 atom stereocenters. The van der Waals surface area contributed by atoms with Crippen molar-refractivity contribution in [1.29, 1.82) is 0 Å². The lowest BCUT2D eigenvalue weighted by atomic mass is 9.85. The van der Waals surface area contributed by atoms with E-state index in [1.54, 1.807) is 0 Å². The van der Waals surface area contributed by atoms with Crippen LogP contribution in [0.15, 0.2) is 4.79 Å². The molecule has 1 saturated carbocycles. The van der Waals surface area contributed by atoms with Crippen LogP contribution in [0.5, 0.6) is 0 Å². The topological polar surface area (TPSA) is 69.8 Å². The highest BCUT2D eigenvalue weighted by Crippen LogP contribution is 2.26. The molecule has 2 aliphatic rings. The Morgan fingerprint density at radius 3 is 3.06 bits per heavy atom. The van der Waals surface area contributed by atoms with Crippen LogP contribution in [0, 0.1) is 5.92 Å². The molecule has 92 valence electrons. The molecule has 0 radical (unpaired) electrons. The van der Waals surface area contributed by atoms with Crippen LogP contribution in [0.2, 0.25) is 0 Å². The zero-order valence-corrected chi connectivity index (χ0v) is 9.88. The minimum atomic E-state index is -0.00157. The van der Waals surface area contributed by atoms with Crippen molar-refractivity contribution in [3.8, 4) is 0 Å². The van der Waals surface area contributed by atoms with Gasteiger partial charge in [-0.25, -0.2) is 4.98 Å². The number of H-pyrrole nitrogens is 1. The van der Waals surface area contributed by atoms with Crippen molar-refractivity contribution >= 4 is 5.95 Å². The fourth-order valence-corrected chi connectivity index (χ4v) is 2.38. The highest BCUT2D eigenvalue weighted by Gasteiger charge is 2.18. The quantitative estimate of drug-likeness (QED) is 0.717. The summed E-state index contributed by atoms with van der Waals surface area (Å²) >= 11 is 0. The van der Waals surface area contributed by atoms with Gasteiger partial charge in [0.15, 0.2) is 0 Å². The van der Waals surface area contributed by atoms with E-state index in [1.165, 1.54) is 19.3 Å². The maximum atomic E-state index is 11.8. The molecule has 1 aromatic rings. The number of hydrogen-bond acceptors (Lipinski definition) is 4. The fourth-order valence-electron chi connectivity index (χ4n) is 2.38. The molecule has 2 heterocycles. The molecule has 1 fully saturated rings. The predicted molar refractivity (Wildman–Crippen MR) is 66.1 cm³/mol. The molecule has 5 nitrogen and oxygen atoms in total. The maximum Gasteiger partial charge on any atom is 0.257 e. The van der Waals surface area contributed by atoms with Crippen molar-refractivity contribution in [2.45, 2.75) is 32.2 Å². The van der Waals surface area contributed by atoms with E-state index >= 15 is 0 Å². The van der Waals surface area contributed by atoms with Gasteiger partial charge in [0.05, 0.1) is 11.3 Å². The summed E-state index contributed by atoms with van der Waals surface area (Å²) in [4.78, 5) is 19.2. The molecule has 0 amide bonds. The van der Waals surface area contributed by atoms with E-state index < -0.39 is 0 Å². The van der Waals surface area contributed by atoms with Gasteiger partial charge in [0.2, 0.25) is 5.95 Å². The molecular formula is C12H18N4O. The molecular weight excluding hydrogens is 216 g/mol. The molecule has 0 saturated heterocycles. The third-order valence-electron chi connectivity index (χ3n) is 3.72. The minimum absolute atomic E-state index is 0.00157. The van der Waals surface area contributed by atoms with Crippen LogP contribution in [-0.2, 0) is 13.0 Å². The van der Waals surface area contributed by atoms with Crippen LogP contribution in [0.4, 0.5) is 5.95 Å². The molecule has 1 aliphatic heterocycles. The number of nitrogens with zero attached hydrogens (tertiary/aromatic N) is 1. The van der Waals surface area contributed by atoms with Crippen molar-refractivity contribution in [2.75, 3.05) is 18.4 Å². The number of nitrogens with one attached hydrogen (secondary N) is 3. The number of aromatic nitrogens is 2. The van der Waals surface area contributed by atoms with Crippen LogP contribution >= 0.6 is 0 Å². The minimum Gasteiger partial charge on any atom is -0.355 e. The van der Waals surface area contributed by atoms with Crippen molar-refractivity contribution in [1.82, 2.24) is 15.3 Å². The Morgan fingerprint density at radius 1 is 1.41 bits per heavy atom. The maximum absolute atomic E-state index is 11.8. The van der Waals surface area contributed by atoms with E-state index in [1.807, 2.05) is 0 Å². The summed E-state index contributed by atoms with van der Waals surface area (Å²) in [5.74, 6) is 1.40. The Labute approximate surface area is 100 Å². The van der Waals surface area contributed by atoms with Crippen molar-refractivity contribution in [2.24, 2.45) is 5.92 Å². The Balaban J connectivity index is 1.75. The third-order valence-corrected chi connectivity index (χ3v) is 3.72. The van der Waals surface area contributed by atoms with Gasteiger partial charge in [-0.05, 0) is 18.8 Å².